The van der Waals surface area contributed by atoms with E-state index in [1.54, 1.807) is 17.8 Å². The zero-order valence-electron chi connectivity index (χ0n) is 13.1. The normalized spacial score (nSPS) is 10.9. The van der Waals surface area contributed by atoms with Gasteiger partial charge in [0.15, 0.2) is 4.34 Å². The van der Waals surface area contributed by atoms with E-state index in [0.29, 0.717) is 5.13 Å². The second kappa shape index (κ2) is 8.94. The lowest BCUT2D eigenvalue weighted by molar-refractivity contribution is -0.111. The van der Waals surface area contributed by atoms with Gasteiger partial charge in [0, 0.05) is 16.3 Å². The lowest BCUT2D eigenvalue weighted by atomic mass is 10.2. The number of nitrogens with one attached hydrogen (secondary N) is 1. The van der Waals surface area contributed by atoms with E-state index in [1.165, 1.54) is 23.0 Å². The van der Waals surface area contributed by atoms with Gasteiger partial charge in [-0.05, 0) is 23.3 Å². The van der Waals surface area contributed by atoms with E-state index in [1.807, 2.05) is 48.5 Å². The molecule has 2 aromatic carbocycles. The van der Waals surface area contributed by atoms with Gasteiger partial charge in [-0.1, -0.05) is 87.6 Å². The maximum Gasteiger partial charge on any atom is 0.250 e. The van der Waals surface area contributed by atoms with Crippen molar-refractivity contribution in [2.24, 2.45) is 0 Å². The average molecular weight is 432 g/mol. The number of thioether (sulfide) groups is 1. The van der Waals surface area contributed by atoms with E-state index in [0.717, 1.165) is 20.1 Å². The van der Waals surface area contributed by atoms with Crippen LogP contribution in [0.1, 0.15) is 11.1 Å². The Hall–Kier alpha value is -1.96. The van der Waals surface area contributed by atoms with Crippen LogP contribution in [0.4, 0.5) is 5.13 Å². The maximum absolute atomic E-state index is 11.9. The van der Waals surface area contributed by atoms with Crippen LogP contribution in [-0.4, -0.2) is 16.1 Å². The van der Waals surface area contributed by atoms with Crippen LogP contribution in [0.3, 0.4) is 0 Å². The molecular formula is C18H14BrN3OS2. The lowest BCUT2D eigenvalue weighted by Crippen LogP contribution is -2.07. The molecule has 25 heavy (non-hydrogen) atoms. The maximum atomic E-state index is 11.9. The first-order valence-corrected chi connectivity index (χ1v) is 10.0. The van der Waals surface area contributed by atoms with Crippen molar-refractivity contribution < 1.29 is 4.79 Å². The molecule has 0 aliphatic carbocycles. The number of hydrogen-bond acceptors (Lipinski definition) is 5. The first kappa shape index (κ1) is 17.8. The zero-order chi connectivity index (χ0) is 17.5. The van der Waals surface area contributed by atoms with Crippen molar-refractivity contribution in [3.63, 3.8) is 0 Å². The minimum atomic E-state index is -0.220. The molecule has 0 saturated heterocycles. The highest BCUT2D eigenvalue weighted by molar-refractivity contribution is 9.10. The van der Waals surface area contributed by atoms with E-state index < -0.39 is 0 Å². The smallest absolute Gasteiger partial charge is 0.250 e. The third kappa shape index (κ3) is 5.52. The molecule has 7 heteroatoms. The van der Waals surface area contributed by atoms with Gasteiger partial charge in [0.2, 0.25) is 11.0 Å². The number of anilines is 1. The Morgan fingerprint density at radius 3 is 2.68 bits per heavy atom. The van der Waals surface area contributed by atoms with Gasteiger partial charge < -0.3 is 0 Å². The summed E-state index contributed by atoms with van der Waals surface area (Å²) in [6, 6.07) is 17.7. The molecule has 0 fully saturated rings. The number of carbonyl (C=O) groups excluding carboxylic acids is 1. The largest absolute Gasteiger partial charge is 0.297 e. The highest BCUT2D eigenvalue weighted by Crippen LogP contribution is 2.30. The first-order chi connectivity index (χ1) is 12.2. The lowest BCUT2D eigenvalue weighted by Gasteiger charge is -2.01. The highest BCUT2D eigenvalue weighted by Gasteiger charge is 2.08. The second-order valence-electron chi connectivity index (χ2n) is 4.99. The number of nitrogens with zero attached hydrogens (tertiary/aromatic N) is 2. The minimum absolute atomic E-state index is 0.220. The number of amides is 1. The molecule has 1 N–H and O–H groups in total. The molecule has 3 rings (SSSR count). The molecule has 0 atom stereocenters. The third-order valence-corrected chi connectivity index (χ3v) is 5.97. The predicted octanol–water partition coefficient (Wildman–Crippen LogP) is 5.24. The molecular weight excluding hydrogens is 418 g/mol. The summed E-state index contributed by atoms with van der Waals surface area (Å²) in [5, 5.41) is 11.4. The van der Waals surface area contributed by atoms with Crippen LogP contribution in [-0.2, 0) is 10.5 Å². The number of halogens is 1. The van der Waals surface area contributed by atoms with Crippen LogP contribution < -0.4 is 5.32 Å². The van der Waals surface area contributed by atoms with Crippen LogP contribution in [0, 0.1) is 0 Å². The summed E-state index contributed by atoms with van der Waals surface area (Å²) in [4.78, 5) is 11.9. The van der Waals surface area contributed by atoms with Gasteiger partial charge in [-0.25, -0.2) is 0 Å². The van der Waals surface area contributed by atoms with Gasteiger partial charge in [0.1, 0.15) is 0 Å². The number of hydrogen-bond donors (Lipinski definition) is 1. The molecule has 0 unspecified atom stereocenters. The molecule has 0 spiro atoms. The SMILES string of the molecule is O=C(C=Cc1ccccc1)Nc1nnc(SCc2ccccc2Br)s1. The van der Waals surface area contributed by atoms with E-state index in [-0.39, 0.29) is 5.91 Å². The Kier molecular flexibility index (Phi) is 6.38. The molecule has 0 saturated carbocycles. The van der Waals surface area contributed by atoms with Crippen molar-refractivity contribution in [2.45, 2.75) is 10.1 Å². The molecule has 0 bridgehead atoms. The van der Waals surface area contributed by atoms with Crippen molar-refractivity contribution >= 4 is 56.1 Å². The van der Waals surface area contributed by atoms with Crippen molar-refractivity contribution in [3.8, 4) is 0 Å². The fourth-order valence-electron chi connectivity index (χ4n) is 1.96. The van der Waals surface area contributed by atoms with Gasteiger partial charge in [0.05, 0.1) is 0 Å². The fourth-order valence-corrected chi connectivity index (χ4v) is 4.33. The van der Waals surface area contributed by atoms with Crippen molar-refractivity contribution in [1.82, 2.24) is 10.2 Å². The summed E-state index contributed by atoms with van der Waals surface area (Å²) in [5.41, 5.74) is 2.17. The van der Waals surface area contributed by atoms with Gasteiger partial charge in [0.25, 0.3) is 0 Å². The molecule has 3 aromatic rings. The molecule has 4 nitrogen and oxygen atoms in total. The summed E-state index contributed by atoms with van der Waals surface area (Å²) in [6.45, 7) is 0. The monoisotopic (exact) mass is 431 g/mol. The summed E-state index contributed by atoms with van der Waals surface area (Å²) < 4.78 is 1.89. The van der Waals surface area contributed by atoms with Crippen LogP contribution >= 0.6 is 39.0 Å². The van der Waals surface area contributed by atoms with Gasteiger partial charge in [-0.2, -0.15) is 0 Å². The molecule has 1 heterocycles. The summed E-state index contributed by atoms with van der Waals surface area (Å²) in [7, 11) is 0. The summed E-state index contributed by atoms with van der Waals surface area (Å²) >= 11 is 6.49. The standard InChI is InChI=1S/C18H14BrN3OS2/c19-15-9-5-4-8-14(15)12-24-18-22-21-17(25-18)20-16(23)11-10-13-6-2-1-3-7-13/h1-11H,12H2,(H,20,21,23). The van der Waals surface area contributed by atoms with Crippen LogP contribution in [0.2, 0.25) is 0 Å². The van der Waals surface area contributed by atoms with Crippen LogP contribution in [0.15, 0.2) is 69.5 Å². The molecule has 0 aliphatic rings. The fraction of sp³-hybridized carbons (Fsp3) is 0.0556. The topological polar surface area (TPSA) is 54.9 Å². The number of carbonyl (C=O) groups is 1. The van der Waals surface area contributed by atoms with E-state index >= 15 is 0 Å². The summed E-state index contributed by atoms with van der Waals surface area (Å²) in [6.07, 6.45) is 3.25. The summed E-state index contributed by atoms with van der Waals surface area (Å²) in [5.74, 6) is 0.570. The first-order valence-electron chi connectivity index (χ1n) is 7.44. The second-order valence-corrected chi connectivity index (χ2v) is 8.04. The van der Waals surface area contributed by atoms with Crippen LogP contribution in [0.25, 0.3) is 6.08 Å². The molecule has 1 amide bonds. The molecule has 0 radical (unpaired) electrons. The zero-order valence-corrected chi connectivity index (χ0v) is 16.3. The number of rotatable bonds is 6. The predicted molar refractivity (Wildman–Crippen MR) is 108 cm³/mol. The Bertz CT molecular complexity index is 881. The average Bonchev–Trinajstić information content (AvgIpc) is 3.07. The molecule has 126 valence electrons. The van der Waals surface area contributed by atoms with E-state index in [9.17, 15) is 4.79 Å². The Balaban J connectivity index is 1.54. The molecule has 1 aromatic heterocycles. The van der Waals surface area contributed by atoms with Gasteiger partial charge in [-0.15, -0.1) is 10.2 Å². The van der Waals surface area contributed by atoms with Crippen molar-refractivity contribution in [3.05, 3.63) is 76.3 Å². The highest BCUT2D eigenvalue weighted by atomic mass is 79.9. The van der Waals surface area contributed by atoms with Gasteiger partial charge >= 0.3 is 0 Å². The van der Waals surface area contributed by atoms with Crippen molar-refractivity contribution in [2.75, 3.05) is 5.32 Å². The number of aromatic nitrogens is 2. The van der Waals surface area contributed by atoms with Gasteiger partial charge in [-0.3, -0.25) is 10.1 Å². The van der Waals surface area contributed by atoms with Crippen molar-refractivity contribution in [1.29, 1.82) is 0 Å². The molecule has 0 aliphatic heterocycles. The Morgan fingerprint density at radius 2 is 1.88 bits per heavy atom. The third-order valence-electron chi connectivity index (χ3n) is 3.17. The quantitative estimate of drug-likeness (QED) is 0.329. The Labute approximate surface area is 162 Å². The van der Waals surface area contributed by atoms with Crippen LogP contribution in [0.5, 0.6) is 0 Å². The number of benzene rings is 2. The Morgan fingerprint density at radius 1 is 1.12 bits per heavy atom. The van der Waals surface area contributed by atoms with E-state index in [2.05, 4.69) is 37.5 Å². The minimum Gasteiger partial charge on any atom is -0.297 e. The van der Waals surface area contributed by atoms with E-state index in [4.69, 9.17) is 0 Å².